The van der Waals surface area contributed by atoms with Gasteiger partial charge in [0.2, 0.25) is 0 Å². The van der Waals surface area contributed by atoms with E-state index in [9.17, 15) is 5.11 Å². The lowest BCUT2D eigenvalue weighted by molar-refractivity contribution is 0.188. The van der Waals surface area contributed by atoms with Crippen LogP contribution in [-0.2, 0) is 6.61 Å². The fourth-order valence-corrected chi connectivity index (χ4v) is 3.32. The third kappa shape index (κ3) is 8.95. The van der Waals surface area contributed by atoms with Gasteiger partial charge in [-0.25, -0.2) is 0 Å². The number of nitrogens with one attached hydrogen (secondary N) is 1. The number of guanidine groups is 1. The van der Waals surface area contributed by atoms with E-state index < -0.39 is 0 Å². The summed E-state index contributed by atoms with van der Waals surface area (Å²) in [6.45, 7) is 6.41. The lowest BCUT2D eigenvalue weighted by Gasteiger charge is -2.20. The molecule has 6 nitrogen and oxygen atoms in total. The van der Waals surface area contributed by atoms with Gasteiger partial charge in [0, 0.05) is 26.2 Å². The van der Waals surface area contributed by atoms with Crippen LogP contribution in [0.2, 0.25) is 0 Å². The van der Waals surface area contributed by atoms with Crippen molar-refractivity contribution in [3.63, 3.8) is 0 Å². The maximum absolute atomic E-state index is 9.72. The second kappa shape index (κ2) is 14.1. The Kier molecular flexibility index (Phi) is 11.5. The summed E-state index contributed by atoms with van der Waals surface area (Å²) >= 11 is 0. The van der Waals surface area contributed by atoms with E-state index in [-0.39, 0.29) is 30.1 Å². The van der Waals surface area contributed by atoms with Gasteiger partial charge in [-0.3, -0.25) is 4.99 Å². The van der Waals surface area contributed by atoms with Crippen LogP contribution >= 0.6 is 24.0 Å². The zero-order valence-electron chi connectivity index (χ0n) is 18.2. The Bertz CT molecular complexity index is 771. The Balaban J connectivity index is 0.00000341. The Morgan fingerprint density at radius 3 is 2.42 bits per heavy atom. The van der Waals surface area contributed by atoms with Crippen molar-refractivity contribution in [2.45, 2.75) is 38.9 Å². The van der Waals surface area contributed by atoms with Gasteiger partial charge in [0.05, 0.1) is 12.7 Å². The van der Waals surface area contributed by atoms with Crippen LogP contribution in [0.1, 0.15) is 31.7 Å². The maximum atomic E-state index is 9.72. The van der Waals surface area contributed by atoms with Crippen LogP contribution in [0, 0.1) is 0 Å². The van der Waals surface area contributed by atoms with E-state index in [1.165, 1.54) is 0 Å². The van der Waals surface area contributed by atoms with Crippen molar-refractivity contribution in [1.82, 2.24) is 10.2 Å². The highest BCUT2D eigenvalue weighted by atomic mass is 127. The van der Waals surface area contributed by atoms with Gasteiger partial charge in [-0.1, -0.05) is 30.3 Å². The van der Waals surface area contributed by atoms with Crippen LogP contribution < -0.4 is 14.8 Å². The van der Waals surface area contributed by atoms with Crippen molar-refractivity contribution < 1.29 is 14.6 Å². The quantitative estimate of drug-likeness (QED) is 0.206. The molecule has 0 aliphatic carbocycles. The lowest BCUT2D eigenvalue weighted by Crippen LogP contribution is -2.40. The van der Waals surface area contributed by atoms with E-state index in [0.717, 1.165) is 61.9 Å². The van der Waals surface area contributed by atoms with Gasteiger partial charge in [-0.05, 0) is 56.0 Å². The molecule has 0 bridgehead atoms. The number of aliphatic hydroxyl groups is 1. The van der Waals surface area contributed by atoms with Crippen LogP contribution in [0.3, 0.4) is 0 Å². The molecule has 2 aromatic rings. The van der Waals surface area contributed by atoms with Crippen molar-refractivity contribution in [2.75, 3.05) is 32.8 Å². The zero-order chi connectivity index (χ0) is 21.0. The molecule has 0 unspecified atom stereocenters. The van der Waals surface area contributed by atoms with E-state index in [0.29, 0.717) is 19.8 Å². The van der Waals surface area contributed by atoms with Gasteiger partial charge in [0.25, 0.3) is 0 Å². The van der Waals surface area contributed by atoms with Crippen LogP contribution in [0.5, 0.6) is 11.5 Å². The molecule has 0 amide bonds. The summed E-state index contributed by atoms with van der Waals surface area (Å²) in [5, 5.41) is 13.0. The number of halogens is 1. The molecular weight excluding hydrogens is 505 g/mol. The molecule has 1 aliphatic rings. The minimum atomic E-state index is -0.239. The molecule has 0 spiro atoms. The number of nitrogens with zero attached hydrogens (tertiary/aromatic N) is 2. The normalized spacial score (nSPS) is 16.0. The van der Waals surface area contributed by atoms with Gasteiger partial charge < -0.3 is 24.8 Å². The monoisotopic (exact) mass is 539 g/mol. The average Bonchev–Trinajstić information content (AvgIpc) is 3.21. The zero-order valence-corrected chi connectivity index (χ0v) is 20.5. The largest absolute Gasteiger partial charge is 0.494 e. The third-order valence-corrected chi connectivity index (χ3v) is 4.95. The number of unbranched alkanes of at least 4 members (excludes halogenated alkanes) is 1. The lowest BCUT2D eigenvalue weighted by atomic mass is 10.2. The number of rotatable bonds is 10. The number of hydrogen-bond acceptors (Lipinski definition) is 4. The molecule has 0 radical (unpaired) electrons. The van der Waals surface area contributed by atoms with Gasteiger partial charge >= 0.3 is 0 Å². The number of hydrogen-bond donors (Lipinski definition) is 2. The van der Waals surface area contributed by atoms with Crippen molar-refractivity contribution in [3.8, 4) is 11.5 Å². The van der Waals surface area contributed by atoms with E-state index >= 15 is 0 Å². The average molecular weight is 539 g/mol. The van der Waals surface area contributed by atoms with Gasteiger partial charge in [0.1, 0.15) is 18.1 Å². The standard InChI is InChI=1S/C24H33N3O3.HI/c1-2-25-24(27-16-14-21(28)18-27)26-15-6-7-17-29-22-10-12-23(13-11-22)30-19-20-8-4-3-5-9-20;/h3-5,8-13,21,28H,2,6-7,14-19H2,1H3,(H,25,26);1H/t21-;/m1./s1. The summed E-state index contributed by atoms with van der Waals surface area (Å²) in [6.07, 6.45) is 2.48. The molecule has 1 aliphatic heterocycles. The van der Waals surface area contributed by atoms with E-state index in [1.807, 2.05) is 42.5 Å². The first-order chi connectivity index (χ1) is 14.7. The van der Waals surface area contributed by atoms with E-state index in [1.54, 1.807) is 0 Å². The minimum absolute atomic E-state index is 0. The number of aliphatic imine (C=N–C) groups is 1. The predicted octanol–water partition coefficient (Wildman–Crippen LogP) is 4.07. The number of β-amino-alcohol motifs (C(OH)–C–C–N with tert-alkyl or cyclic N) is 1. The topological polar surface area (TPSA) is 66.3 Å². The van der Waals surface area contributed by atoms with Gasteiger partial charge in [-0.15, -0.1) is 24.0 Å². The minimum Gasteiger partial charge on any atom is -0.494 e. The fraction of sp³-hybridized carbons (Fsp3) is 0.458. The van der Waals surface area contributed by atoms with Crippen molar-refractivity contribution >= 4 is 29.9 Å². The van der Waals surface area contributed by atoms with Crippen LogP contribution in [-0.4, -0.2) is 54.9 Å². The summed E-state index contributed by atoms with van der Waals surface area (Å²) in [4.78, 5) is 6.81. The molecule has 0 aromatic heterocycles. The molecule has 2 aromatic carbocycles. The second-order valence-electron chi connectivity index (χ2n) is 7.43. The fourth-order valence-electron chi connectivity index (χ4n) is 3.32. The molecule has 2 N–H and O–H groups in total. The molecule has 31 heavy (non-hydrogen) atoms. The molecule has 7 heteroatoms. The summed E-state index contributed by atoms with van der Waals surface area (Å²) in [6, 6.07) is 17.9. The van der Waals surface area contributed by atoms with Crippen molar-refractivity contribution in [2.24, 2.45) is 4.99 Å². The molecule has 0 saturated carbocycles. The Labute approximate surface area is 202 Å². The highest BCUT2D eigenvalue weighted by Crippen LogP contribution is 2.19. The first-order valence-electron chi connectivity index (χ1n) is 10.9. The van der Waals surface area contributed by atoms with Crippen LogP contribution in [0.15, 0.2) is 59.6 Å². The molecule has 3 rings (SSSR count). The first kappa shape index (κ1) is 25.3. The van der Waals surface area contributed by atoms with Crippen molar-refractivity contribution in [1.29, 1.82) is 0 Å². The van der Waals surface area contributed by atoms with Gasteiger partial charge in [-0.2, -0.15) is 0 Å². The smallest absolute Gasteiger partial charge is 0.194 e. The first-order valence-corrected chi connectivity index (χ1v) is 10.9. The molecule has 1 atom stereocenters. The number of ether oxygens (including phenoxy) is 2. The highest BCUT2D eigenvalue weighted by molar-refractivity contribution is 14.0. The SMILES string of the molecule is CCNC(=NCCCCOc1ccc(OCc2ccccc2)cc1)N1CC[C@@H](O)C1.I. The summed E-state index contributed by atoms with van der Waals surface area (Å²) in [5.41, 5.74) is 1.15. The molecule has 1 saturated heterocycles. The molecular formula is C24H34IN3O3. The van der Waals surface area contributed by atoms with Crippen LogP contribution in [0.4, 0.5) is 0 Å². The highest BCUT2D eigenvalue weighted by Gasteiger charge is 2.22. The third-order valence-electron chi connectivity index (χ3n) is 4.95. The molecule has 170 valence electrons. The van der Waals surface area contributed by atoms with E-state index in [4.69, 9.17) is 9.47 Å². The summed E-state index contributed by atoms with van der Waals surface area (Å²) < 4.78 is 11.6. The Hall–Kier alpha value is -2.00. The van der Waals surface area contributed by atoms with E-state index in [2.05, 4.69) is 34.3 Å². The maximum Gasteiger partial charge on any atom is 0.194 e. The molecule has 1 fully saturated rings. The Morgan fingerprint density at radius 2 is 1.77 bits per heavy atom. The number of likely N-dealkylation sites (tertiary alicyclic amines) is 1. The van der Waals surface area contributed by atoms with Crippen LogP contribution in [0.25, 0.3) is 0 Å². The molecule has 1 heterocycles. The second-order valence-corrected chi connectivity index (χ2v) is 7.43. The summed E-state index contributed by atoms with van der Waals surface area (Å²) in [5.74, 6) is 2.59. The Morgan fingerprint density at radius 1 is 1.06 bits per heavy atom. The van der Waals surface area contributed by atoms with Crippen molar-refractivity contribution in [3.05, 3.63) is 60.2 Å². The summed E-state index contributed by atoms with van der Waals surface area (Å²) in [7, 11) is 0. The predicted molar refractivity (Wildman–Crippen MR) is 136 cm³/mol. The van der Waals surface area contributed by atoms with Gasteiger partial charge in [0.15, 0.2) is 5.96 Å². The number of benzene rings is 2. The number of aliphatic hydroxyl groups excluding tert-OH is 1.